The first-order valence-corrected chi connectivity index (χ1v) is 6.41. The highest BCUT2D eigenvalue weighted by Gasteiger charge is 2.19. The number of ether oxygens (including phenoxy) is 3. The number of benzene rings is 1. The van der Waals surface area contributed by atoms with Crippen LogP contribution >= 0.6 is 22.6 Å². The summed E-state index contributed by atoms with van der Waals surface area (Å²) in [6.45, 7) is 0. The standard InChI is InChI=1S/C12H13IN2O4/c1-16-7-4-6(5-8(17-2)11(7)18-3)10-9(13)12(14)15-19-10/h4-5H,1-3H3,(H2,14,15). The Labute approximate surface area is 123 Å². The van der Waals surface area contributed by atoms with Gasteiger partial charge in [-0.05, 0) is 34.7 Å². The molecule has 0 unspecified atom stereocenters. The maximum Gasteiger partial charge on any atom is 0.203 e. The summed E-state index contributed by atoms with van der Waals surface area (Å²) in [7, 11) is 4.66. The average Bonchev–Trinajstić information content (AvgIpc) is 2.77. The van der Waals surface area contributed by atoms with E-state index in [-0.39, 0.29) is 0 Å². The first kappa shape index (κ1) is 13.8. The Kier molecular flexibility index (Phi) is 4.03. The molecular formula is C12H13IN2O4. The van der Waals surface area contributed by atoms with Crippen LogP contribution in [0.1, 0.15) is 0 Å². The lowest BCUT2D eigenvalue weighted by atomic mass is 10.1. The third kappa shape index (κ3) is 2.42. The largest absolute Gasteiger partial charge is 0.493 e. The van der Waals surface area contributed by atoms with Gasteiger partial charge in [0.2, 0.25) is 5.75 Å². The van der Waals surface area contributed by atoms with Gasteiger partial charge in [-0.3, -0.25) is 0 Å². The SMILES string of the molecule is COc1cc(-c2onc(N)c2I)cc(OC)c1OC. The Morgan fingerprint density at radius 3 is 2.05 bits per heavy atom. The maximum absolute atomic E-state index is 5.68. The van der Waals surface area contributed by atoms with Crippen LogP contribution < -0.4 is 19.9 Å². The predicted molar refractivity (Wildman–Crippen MR) is 78.7 cm³/mol. The van der Waals surface area contributed by atoms with E-state index in [1.807, 2.05) is 0 Å². The van der Waals surface area contributed by atoms with E-state index in [0.29, 0.717) is 28.8 Å². The van der Waals surface area contributed by atoms with Crippen LogP contribution in [0.2, 0.25) is 0 Å². The molecule has 0 aliphatic rings. The number of anilines is 1. The second-order valence-corrected chi connectivity index (χ2v) is 4.70. The van der Waals surface area contributed by atoms with E-state index in [2.05, 4.69) is 27.7 Å². The van der Waals surface area contributed by atoms with Crippen LogP contribution in [0.5, 0.6) is 17.2 Å². The summed E-state index contributed by atoms with van der Waals surface area (Å²) < 4.78 is 21.8. The van der Waals surface area contributed by atoms with Crippen LogP contribution in [-0.2, 0) is 0 Å². The van der Waals surface area contributed by atoms with Crippen molar-refractivity contribution in [3.8, 4) is 28.6 Å². The molecule has 0 aliphatic heterocycles. The summed E-state index contributed by atoms with van der Waals surface area (Å²) in [6, 6.07) is 3.56. The Balaban J connectivity index is 2.62. The molecule has 2 aromatic rings. The van der Waals surface area contributed by atoms with Crippen molar-refractivity contribution in [2.75, 3.05) is 27.1 Å². The zero-order chi connectivity index (χ0) is 14.0. The molecule has 1 heterocycles. The van der Waals surface area contributed by atoms with Gasteiger partial charge in [-0.25, -0.2) is 0 Å². The lowest BCUT2D eigenvalue weighted by Crippen LogP contribution is -1.96. The van der Waals surface area contributed by atoms with Crippen LogP contribution in [0.25, 0.3) is 11.3 Å². The molecule has 0 bridgehead atoms. The Bertz CT molecular complexity index is 572. The summed E-state index contributed by atoms with van der Waals surface area (Å²) in [5, 5.41) is 3.73. The molecule has 0 fully saturated rings. The Morgan fingerprint density at radius 2 is 1.68 bits per heavy atom. The number of aromatic nitrogens is 1. The van der Waals surface area contributed by atoms with Crippen LogP contribution in [-0.4, -0.2) is 26.5 Å². The molecule has 0 aliphatic carbocycles. The van der Waals surface area contributed by atoms with Gasteiger partial charge in [-0.2, -0.15) is 0 Å². The molecule has 0 saturated carbocycles. The van der Waals surface area contributed by atoms with Gasteiger partial charge in [0.25, 0.3) is 0 Å². The average molecular weight is 376 g/mol. The van der Waals surface area contributed by atoms with Crippen molar-refractivity contribution in [1.82, 2.24) is 5.16 Å². The van der Waals surface area contributed by atoms with E-state index in [9.17, 15) is 0 Å². The molecule has 102 valence electrons. The van der Waals surface area contributed by atoms with Crippen molar-refractivity contribution < 1.29 is 18.7 Å². The zero-order valence-corrected chi connectivity index (χ0v) is 12.8. The molecule has 2 N–H and O–H groups in total. The number of hydrogen-bond donors (Lipinski definition) is 1. The molecule has 1 aromatic carbocycles. The first-order chi connectivity index (χ1) is 9.12. The second-order valence-electron chi connectivity index (χ2n) is 3.62. The van der Waals surface area contributed by atoms with Crippen LogP contribution in [0.15, 0.2) is 16.7 Å². The van der Waals surface area contributed by atoms with Gasteiger partial charge in [0.05, 0.1) is 21.3 Å². The summed E-state index contributed by atoms with van der Waals surface area (Å²) in [6.07, 6.45) is 0. The highest BCUT2D eigenvalue weighted by atomic mass is 127. The molecule has 0 saturated heterocycles. The molecular weight excluding hydrogens is 363 g/mol. The topological polar surface area (TPSA) is 79.7 Å². The summed E-state index contributed by atoms with van der Waals surface area (Å²) in [5.41, 5.74) is 6.43. The van der Waals surface area contributed by atoms with Crippen LogP contribution in [0, 0.1) is 3.57 Å². The van der Waals surface area contributed by atoms with E-state index in [0.717, 1.165) is 9.13 Å². The Hall–Kier alpha value is -1.64. The van der Waals surface area contributed by atoms with Crippen LogP contribution in [0.3, 0.4) is 0 Å². The fraction of sp³-hybridized carbons (Fsp3) is 0.250. The maximum atomic E-state index is 5.68. The van der Waals surface area contributed by atoms with Crippen LogP contribution in [0.4, 0.5) is 5.82 Å². The molecule has 7 heteroatoms. The van der Waals surface area contributed by atoms with Crippen molar-refractivity contribution >= 4 is 28.4 Å². The van der Waals surface area contributed by atoms with Crippen molar-refractivity contribution in [2.24, 2.45) is 0 Å². The smallest absolute Gasteiger partial charge is 0.203 e. The number of nitrogens with two attached hydrogens (primary N) is 1. The summed E-state index contributed by atoms with van der Waals surface area (Å²) >= 11 is 2.08. The number of halogens is 1. The molecule has 2 rings (SSSR count). The number of rotatable bonds is 4. The molecule has 0 spiro atoms. The Morgan fingerprint density at radius 1 is 1.11 bits per heavy atom. The van der Waals surface area contributed by atoms with Crippen molar-refractivity contribution in [3.63, 3.8) is 0 Å². The molecule has 0 atom stereocenters. The minimum Gasteiger partial charge on any atom is -0.493 e. The van der Waals surface area contributed by atoms with Gasteiger partial charge in [-0.15, -0.1) is 0 Å². The molecule has 1 aromatic heterocycles. The van der Waals surface area contributed by atoms with E-state index >= 15 is 0 Å². The zero-order valence-electron chi connectivity index (χ0n) is 10.7. The molecule has 0 amide bonds. The van der Waals surface area contributed by atoms with Gasteiger partial charge in [0, 0.05) is 5.56 Å². The third-order valence-electron chi connectivity index (χ3n) is 2.59. The quantitative estimate of drug-likeness (QED) is 0.827. The number of nitrogens with zero attached hydrogens (tertiary/aromatic N) is 1. The van der Waals surface area contributed by atoms with E-state index in [4.69, 9.17) is 24.5 Å². The minimum atomic E-state index is 0.351. The fourth-order valence-corrected chi connectivity index (χ4v) is 2.19. The lowest BCUT2D eigenvalue weighted by Gasteiger charge is -2.13. The highest BCUT2D eigenvalue weighted by molar-refractivity contribution is 14.1. The monoisotopic (exact) mass is 376 g/mol. The van der Waals surface area contributed by atoms with E-state index < -0.39 is 0 Å². The first-order valence-electron chi connectivity index (χ1n) is 5.33. The number of hydrogen-bond acceptors (Lipinski definition) is 6. The molecule has 0 radical (unpaired) electrons. The summed E-state index contributed by atoms with van der Waals surface area (Å²) in [5.74, 6) is 2.53. The highest BCUT2D eigenvalue weighted by Crippen LogP contribution is 2.42. The number of methoxy groups -OCH3 is 3. The normalized spacial score (nSPS) is 10.3. The molecule has 6 nitrogen and oxygen atoms in total. The van der Waals surface area contributed by atoms with Crippen molar-refractivity contribution in [1.29, 1.82) is 0 Å². The predicted octanol–water partition coefficient (Wildman–Crippen LogP) is 2.55. The van der Waals surface area contributed by atoms with Gasteiger partial charge in [0.15, 0.2) is 23.1 Å². The van der Waals surface area contributed by atoms with E-state index in [1.54, 1.807) is 33.5 Å². The van der Waals surface area contributed by atoms with Gasteiger partial charge in [0.1, 0.15) is 3.57 Å². The summed E-state index contributed by atoms with van der Waals surface area (Å²) in [4.78, 5) is 0. The number of nitrogen functional groups attached to an aromatic ring is 1. The fourth-order valence-electron chi connectivity index (χ4n) is 1.68. The van der Waals surface area contributed by atoms with Crippen molar-refractivity contribution in [2.45, 2.75) is 0 Å². The van der Waals surface area contributed by atoms with Crippen molar-refractivity contribution in [3.05, 3.63) is 15.7 Å². The van der Waals surface area contributed by atoms with Gasteiger partial charge < -0.3 is 24.5 Å². The second kappa shape index (κ2) is 5.55. The minimum absolute atomic E-state index is 0.351. The third-order valence-corrected chi connectivity index (χ3v) is 3.63. The van der Waals surface area contributed by atoms with Gasteiger partial charge in [-0.1, -0.05) is 5.16 Å². The van der Waals surface area contributed by atoms with E-state index in [1.165, 1.54) is 0 Å². The lowest BCUT2D eigenvalue weighted by molar-refractivity contribution is 0.324. The van der Waals surface area contributed by atoms with Gasteiger partial charge >= 0.3 is 0 Å². The molecule has 19 heavy (non-hydrogen) atoms.